The van der Waals surface area contributed by atoms with Crippen molar-refractivity contribution >= 4 is 22.5 Å². The molecular weight excluding hydrogens is 511 g/mol. The summed E-state index contributed by atoms with van der Waals surface area (Å²) in [5.41, 5.74) is 1.20. The first-order chi connectivity index (χ1) is 19.4. The van der Waals surface area contributed by atoms with Crippen LogP contribution in [0.5, 0.6) is 5.75 Å². The van der Waals surface area contributed by atoms with Crippen LogP contribution in [0.3, 0.4) is 0 Å². The van der Waals surface area contributed by atoms with Gasteiger partial charge in [0.05, 0.1) is 22.2 Å². The van der Waals surface area contributed by atoms with Crippen LogP contribution >= 0.6 is 0 Å². The average molecular weight is 545 g/mol. The number of piperazine rings is 1. The molecule has 0 unspecified atom stereocenters. The Morgan fingerprint density at radius 1 is 1.02 bits per heavy atom. The molecule has 1 saturated heterocycles. The maximum Gasteiger partial charge on any atom is 0.272 e. The summed E-state index contributed by atoms with van der Waals surface area (Å²) in [5.74, 6) is -0.294. The van der Waals surface area contributed by atoms with Crippen molar-refractivity contribution < 1.29 is 14.3 Å². The van der Waals surface area contributed by atoms with Crippen LogP contribution in [-0.4, -0.2) is 57.3 Å². The third-order valence-corrected chi connectivity index (χ3v) is 6.25. The highest BCUT2D eigenvalue weighted by atomic mass is 19.1. The maximum atomic E-state index is 14.7. The fourth-order valence-electron chi connectivity index (χ4n) is 4.33. The molecule has 0 bridgehead atoms. The number of carbonyl (C=O) groups excluding carboxylic acids is 1. The van der Waals surface area contributed by atoms with Crippen molar-refractivity contribution in [3.63, 3.8) is 0 Å². The number of carbonyl (C=O) groups is 1. The van der Waals surface area contributed by atoms with E-state index in [2.05, 4.69) is 15.2 Å². The van der Waals surface area contributed by atoms with Gasteiger partial charge in [0, 0.05) is 44.2 Å². The zero-order chi connectivity index (χ0) is 29.2. The van der Waals surface area contributed by atoms with Gasteiger partial charge in [-0.25, -0.2) is 14.5 Å². The van der Waals surface area contributed by atoms with E-state index in [-0.39, 0.29) is 23.3 Å². The molecule has 0 saturated carbocycles. The molecule has 1 fully saturated rings. The van der Waals surface area contributed by atoms with E-state index in [9.17, 15) is 19.1 Å². The standard InChI is InChI=1S/C26H21FN6O3.2C2H6/c27-22-5-1-16(12-23-20-13-18(34)3-4-19(20)25(35)31-30-23)11-21(22)26(36)33-9-7-32(8-10-33)24-6-2-17(14-28)15-29-24;2*1-2/h1-6,11,13,15,34H,7-10,12H2,(H,31,35);2*1-2H3. The van der Waals surface area contributed by atoms with Crippen LogP contribution in [-0.2, 0) is 6.42 Å². The van der Waals surface area contributed by atoms with Gasteiger partial charge < -0.3 is 14.9 Å². The molecule has 10 heteroatoms. The molecule has 4 aromatic rings. The highest BCUT2D eigenvalue weighted by Crippen LogP contribution is 2.23. The van der Waals surface area contributed by atoms with E-state index in [4.69, 9.17) is 5.26 Å². The van der Waals surface area contributed by atoms with Gasteiger partial charge in [-0.05, 0) is 48.0 Å². The van der Waals surface area contributed by atoms with Gasteiger partial charge in [0.25, 0.3) is 11.5 Å². The van der Waals surface area contributed by atoms with Crippen molar-refractivity contribution in [1.29, 1.82) is 5.26 Å². The first-order valence-electron chi connectivity index (χ1n) is 13.3. The van der Waals surface area contributed by atoms with Crippen LogP contribution in [0, 0.1) is 17.1 Å². The van der Waals surface area contributed by atoms with E-state index in [1.165, 1.54) is 36.5 Å². The van der Waals surface area contributed by atoms with Gasteiger partial charge in [-0.15, -0.1) is 0 Å². The minimum absolute atomic E-state index is 0.00136. The number of pyridine rings is 1. The number of hydrogen-bond acceptors (Lipinski definition) is 7. The summed E-state index contributed by atoms with van der Waals surface area (Å²) in [6.45, 7) is 9.86. The lowest BCUT2D eigenvalue weighted by Gasteiger charge is -2.35. The minimum Gasteiger partial charge on any atom is -0.508 e. The predicted molar refractivity (Wildman–Crippen MR) is 153 cm³/mol. The SMILES string of the molecule is CC.CC.N#Cc1ccc(N2CCN(C(=O)c3cc(Cc4n[nH]c(=O)c5ccc(O)cc45)ccc3F)CC2)nc1. The molecule has 208 valence electrons. The number of nitriles is 1. The van der Waals surface area contributed by atoms with Gasteiger partial charge in [-0.1, -0.05) is 33.8 Å². The molecular formula is C30H33FN6O3. The van der Waals surface area contributed by atoms with E-state index in [0.717, 1.165) is 5.82 Å². The number of halogens is 1. The predicted octanol–water partition coefficient (Wildman–Crippen LogP) is 4.64. The molecule has 3 heterocycles. The zero-order valence-corrected chi connectivity index (χ0v) is 23.1. The number of aromatic nitrogens is 3. The van der Waals surface area contributed by atoms with Crippen molar-refractivity contribution in [2.24, 2.45) is 0 Å². The first-order valence-corrected chi connectivity index (χ1v) is 13.3. The highest BCUT2D eigenvalue weighted by molar-refractivity contribution is 5.95. The molecule has 9 nitrogen and oxygen atoms in total. The van der Waals surface area contributed by atoms with Crippen molar-refractivity contribution in [3.8, 4) is 11.8 Å². The molecule has 1 amide bonds. The van der Waals surface area contributed by atoms with Gasteiger partial charge in [0.1, 0.15) is 23.5 Å². The van der Waals surface area contributed by atoms with E-state index in [1.807, 2.05) is 38.7 Å². The van der Waals surface area contributed by atoms with Gasteiger partial charge in [-0.2, -0.15) is 10.4 Å². The minimum atomic E-state index is -0.614. The molecule has 5 rings (SSSR count). The second kappa shape index (κ2) is 13.8. The summed E-state index contributed by atoms with van der Waals surface area (Å²) in [6.07, 6.45) is 1.74. The molecule has 0 aliphatic carbocycles. The topological polar surface area (TPSA) is 126 Å². The number of nitrogens with one attached hydrogen (secondary N) is 1. The Kier molecular flexibility index (Phi) is 10.3. The van der Waals surface area contributed by atoms with Crippen molar-refractivity contribution in [3.05, 3.63) is 93.3 Å². The summed E-state index contributed by atoms with van der Waals surface area (Å²) in [6, 6.07) is 14.2. The van der Waals surface area contributed by atoms with Gasteiger partial charge in [0.15, 0.2) is 0 Å². The van der Waals surface area contributed by atoms with Crippen LogP contribution in [0.1, 0.15) is 54.9 Å². The molecule has 1 aliphatic rings. The van der Waals surface area contributed by atoms with Crippen LogP contribution in [0.2, 0.25) is 0 Å². The Morgan fingerprint density at radius 3 is 2.40 bits per heavy atom. The van der Waals surface area contributed by atoms with E-state index in [0.29, 0.717) is 53.8 Å². The van der Waals surface area contributed by atoms with E-state index >= 15 is 0 Å². The Hall–Kier alpha value is -4.78. The lowest BCUT2D eigenvalue weighted by Crippen LogP contribution is -2.49. The lowest BCUT2D eigenvalue weighted by molar-refractivity contribution is 0.0741. The Bertz CT molecular complexity index is 1560. The Balaban J connectivity index is 0.00000106. The fourth-order valence-corrected chi connectivity index (χ4v) is 4.33. The van der Waals surface area contributed by atoms with E-state index in [1.54, 1.807) is 23.1 Å². The largest absolute Gasteiger partial charge is 0.508 e. The van der Waals surface area contributed by atoms with Crippen molar-refractivity contribution in [2.45, 2.75) is 34.1 Å². The summed E-state index contributed by atoms with van der Waals surface area (Å²) in [7, 11) is 0. The molecule has 0 radical (unpaired) electrons. The summed E-state index contributed by atoms with van der Waals surface area (Å²) in [5, 5.41) is 26.2. The number of fused-ring (bicyclic) bond motifs is 1. The quantitative estimate of drug-likeness (QED) is 0.383. The van der Waals surface area contributed by atoms with Crippen molar-refractivity contribution in [1.82, 2.24) is 20.1 Å². The molecule has 40 heavy (non-hydrogen) atoms. The van der Waals surface area contributed by atoms with Crippen molar-refractivity contribution in [2.75, 3.05) is 31.1 Å². The third-order valence-electron chi connectivity index (χ3n) is 6.25. The van der Waals surface area contributed by atoms with Gasteiger partial charge >= 0.3 is 0 Å². The number of nitrogens with zero attached hydrogens (tertiary/aromatic N) is 5. The third kappa shape index (κ3) is 6.61. The number of anilines is 1. The van der Waals surface area contributed by atoms with Gasteiger partial charge in [-0.3, -0.25) is 9.59 Å². The number of rotatable bonds is 4. The van der Waals surface area contributed by atoms with Crippen LogP contribution in [0.15, 0.2) is 59.5 Å². The fraction of sp³-hybridized carbons (Fsp3) is 0.300. The Labute approximate surface area is 232 Å². The maximum absolute atomic E-state index is 14.7. The molecule has 0 spiro atoms. The average Bonchev–Trinajstić information content (AvgIpc) is 3.01. The normalized spacial score (nSPS) is 12.5. The second-order valence-corrected chi connectivity index (χ2v) is 8.52. The van der Waals surface area contributed by atoms with Crippen LogP contribution in [0.4, 0.5) is 10.2 Å². The first kappa shape index (κ1) is 29.8. The molecule has 2 aromatic carbocycles. The monoisotopic (exact) mass is 544 g/mol. The number of phenols is 1. The number of aromatic amines is 1. The number of H-pyrrole nitrogens is 1. The second-order valence-electron chi connectivity index (χ2n) is 8.52. The Morgan fingerprint density at radius 2 is 1.75 bits per heavy atom. The number of amides is 1. The highest BCUT2D eigenvalue weighted by Gasteiger charge is 2.25. The molecule has 2 N–H and O–H groups in total. The summed E-state index contributed by atoms with van der Waals surface area (Å²) >= 11 is 0. The zero-order valence-electron chi connectivity index (χ0n) is 23.1. The molecule has 0 atom stereocenters. The van der Waals surface area contributed by atoms with Gasteiger partial charge in [0.2, 0.25) is 0 Å². The number of aromatic hydroxyl groups is 1. The number of hydrogen-bond donors (Lipinski definition) is 2. The molecule has 2 aromatic heterocycles. The van der Waals surface area contributed by atoms with Crippen LogP contribution in [0.25, 0.3) is 10.8 Å². The lowest BCUT2D eigenvalue weighted by atomic mass is 10.0. The molecule has 1 aliphatic heterocycles. The van der Waals surface area contributed by atoms with E-state index < -0.39 is 11.7 Å². The summed E-state index contributed by atoms with van der Waals surface area (Å²) < 4.78 is 14.7. The van der Waals surface area contributed by atoms with Crippen LogP contribution < -0.4 is 10.5 Å². The number of phenolic OH excluding ortho intramolecular Hbond substituents is 1. The number of benzene rings is 2. The smallest absolute Gasteiger partial charge is 0.272 e. The summed E-state index contributed by atoms with van der Waals surface area (Å²) in [4.78, 5) is 33.2.